The third-order valence-electron chi connectivity index (χ3n) is 3.77. The van der Waals surface area contributed by atoms with Crippen LogP contribution in [0.4, 0.5) is 0 Å². The maximum Gasteiger partial charge on any atom is 0.166 e. The number of imidazole rings is 1. The first-order chi connectivity index (χ1) is 11.3. The quantitative estimate of drug-likeness (QED) is 0.566. The smallest absolute Gasteiger partial charge is 0.166 e. The molecule has 23 heavy (non-hydrogen) atoms. The fourth-order valence-electron chi connectivity index (χ4n) is 2.65. The summed E-state index contributed by atoms with van der Waals surface area (Å²) in [5.74, 6) is 1.66. The van der Waals surface area contributed by atoms with E-state index in [-0.39, 0.29) is 0 Å². The van der Waals surface area contributed by atoms with Crippen molar-refractivity contribution < 1.29 is 4.74 Å². The molecule has 0 aliphatic rings. The van der Waals surface area contributed by atoms with Crippen LogP contribution < -0.4 is 4.74 Å². The van der Waals surface area contributed by atoms with Crippen LogP contribution in [0.5, 0.6) is 5.75 Å². The molecule has 0 saturated heterocycles. The first-order valence-corrected chi connectivity index (χ1v) is 8.32. The lowest BCUT2D eigenvalue weighted by Gasteiger charge is -2.08. The van der Waals surface area contributed by atoms with E-state index in [2.05, 4.69) is 21.0 Å². The van der Waals surface area contributed by atoms with Gasteiger partial charge in [-0.15, -0.1) is 0 Å². The molecule has 0 amide bonds. The molecule has 0 aliphatic heterocycles. The van der Waals surface area contributed by atoms with Crippen LogP contribution in [0.15, 0.2) is 59.9 Å². The average molecular weight is 321 g/mol. The van der Waals surface area contributed by atoms with Gasteiger partial charge in [-0.25, -0.2) is 4.98 Å². The summed E-state index contributed by atoms with van der Waals surface area (Å²) in [4.78, 5) is 12.5. The Balaban J connectivity index is 1.65. The highest BCUT2D eigenvalue weighted by Gasteiger charge is 2.08. The van der Waals surface area contributed by atoms with Crippen molar-refractivity contribution in [1.29, 1.82) is 0 Å². The van der Waals surface area contributed by atoms with E-state index < -0.39 is 0 Å². The van der Waals surface area contributed by atoms with Crippen LogP contribution in [0.25, 0.3) is 21.9 Å². The van der Waals surface area contributed by atoms with Crippen molar-refractivity contribution in [2.75, 3.05) is 7.11 Å². The van der Waals surface area contributed by atoms with Crippen molar-refractivity contribution in [3.8, 4) is 5.75 Å². The summed E-state index contributed by atoms with van der Waals surface area (Å²) in [6.07, 6.45) is 1.79. The Hall–Kier alpha value is -2.53. The molecule has 2 aromatic heterocycles. The van der Waals surface area contributed by atoms with E-state index in [4.69, 9.17) is 4.74 Å². The number of hydrogen-bond acceptors (Lipinski definition) is 4. The molecule has 2 heterocycles. The van der Waals surface area contributed by atoms with Crippen LogP contribution in [-0.2, 0) is 5.75 Å². The highest BCUT2D eigenvalue weighted by Crippen LogP contribution is 2.30. The molecule has 114 valence electrons. The number of pyridine rings is 1. The van der Waals surface area contributed by atoms with Crippen molar-refractivity contribution in [2.24, 2.45) is 0 Å². The number of nitrogens with zero attached hydrogens (tertiary/aromatic N) is 2. The number of aromatic nitrogens is 3. The van der Waals surface area contributed by atoms with Crippen LogP contribution in [0.2, 0.25) is 0 Å². The third kappa shape index (κ3) is 2.64. The lowest BCUT2D eigenvalue weighted by Crippen LogP contribution is -1.91. The molecular formula is C18H15N3OS. The summed E-state index contributed by atoms with van der Waals surface area (Å²) >= 11 is 1.68. The number of nitrogens with one attached hydrogen (secondary N) is 1. The first kappa shape index (κ1) is 14.1. The van der Waals surface area contributed by atoms with Gasteiger partial charge >= 0.3 is 0 Å². The second-order valence-corrected chi connectivity index (χ2v) is 6.14. The molecule has 0 unspecified atom stereocenters. The van der Waals surface area contributed by atoms with Gasteiger partial charge in [-0.2, -0.15) is 0 Å². The Morgan fingerprint density at radius 1 is 1.09 bits per heavy atom. The van der Waals surface area contributed by atoms with Crippen molar-refractivity contribution in [2.45, 2.75) is 10.9 Å². The normalized spacial score (nSPS) is 11.2. The molecule has 4 rings (SSSR count). The fraction of sp³-hybridized carbons (Fsp3) is 0.111. The minimum atomic E-state index is 0.803. The first-order valence-electron chi connectivity index (χ1n) is 7.33. The summed E-state index contributed by atoms with van der Waals surface area (Å²) in [7, 11) is 1.69. The summed E-state index contributed by atoms with van der Waals surface area (Å²) in [6.45, 7) is 0. The molecule has 4 nitrogen and oxygen atoms in total. The van der Waals surface area contributed by atoms with E-state index in [9.17, 15) is 0 Å². The zero-order valence-corrected chi connectivity index (χ0v) is 13.4. The molecule has 0 fully saturated rings. The largest absolute Gasteiger partial charge is 0.496 e. The van der Waals surface area contributed by atoms with Gasteiger partial charge in [0.2, 0.25) is 0 Å². The van der Waals surface area contributed by atoms with Crippen LogP contribution in [0.3, 0.4) is 0 Å². The number of para-hydroxylation sites is 3. The number of ether oxygens (including phenoxy) is 1. The SMILES string of the molecule is COc1ccnc2c(CSc3nc4ccccc4[nH]3)cccc12. The van der Waals surface area contributed by atoms with Crippen molar-refractivity contribution in [3.63, 3.8) is 0 Å². The second-order valence-electron chi connectivity index (χ2n) is 5.17. The Bertz CT molecular complexity index is 947. The number of hydrogen-bond donors (Lipinski definition) is 1. The van der Waals surface area contributed by atoms with E-state index in [1.165, 1.54) is 5.56 Å². The average Bonchev–Trinajstić information content (AvgIpc) is 3.02. The number of aromatic amines is 1. The van der Waals surface area contributed by atoms with E-state index in [0.717, 1.165) is 38.6 Å². The van der Waals surface area contributed by atoms with Gasteiger partial charge < -0.3 is 9.72 Å². The molecule has 0 aliphatic carbocycles. The zero-order valence-electron chi connectivity index (χ0n) is 12.6. The molecular weight excluding hydrogens is 306 g/mol. The lowest BCUT2D eigenvalue weighted by molar-refractivity contribution is 0.419. The van der Waals surface area contributed by atoms with Gasteiger partial charge in [0, 0.05) is 17.3 Å². The molecule has 4 aromatic rings. The van der Waals surface area contributed by atoms with Gasteiger partial charge in [-0.05, 0) is 29.8 Å². The Morgan fingerprint density at radius 2 is 2.00 bits per heavy atom. The number of benzene rings is 2. The highest BCUT2D eigenvalue weighted by molar-refractivity contribution is 7.98. The van der Waals surface area contributed by atoms with Crippen LogP contribution in [0.1, 0.15) is 5.56 Å². The minimum Gasteiger partial charge on any atom is -0.496 e. The molecule has 2 aromatic carbocycles. The molecule has 0 spiro atoms. The number of rotatable bonds is 4. The van der Waals surface area contributed by atoms with Gasteiger partial charge in [0.25, 0.3) is 0 Å². The fourth-order valence-corrected chi connectivity index (χ4v) is 3.52. The molecule has 1 N–H and O–H groups in total. The van der Waals surface area contributed by atoms with E-state index in [0.29, 0.717) is 0 Å². The maximum atomic E-state index is 5.42. The van der Waals surface area contributed by atoms with Crippen molar-refractivity contribution >= 4 is 33.7 Å². The molecule has 0 bridgehead atoms. The number of fused-ring (bicyclic) bond motifs is 2. The maximum absolute atomic E-state index is 5.42. The Kier molecular flexibility index (Phi) is 3.63. The molecule has 0 atom stereocenters. The lowest BCUT2D eigenvalue weighted by atomic mass is 10.1. The Morgan fingerprint density at radius 3 is 2.87 bits per heavy atom. The third-order valence-corrected chi connectivity index (χ3v) is 4.69. The topological polar surface area (TPSA) is 50.8 Å². The van der Waals surface area contributed by atoms with Crippen LogP contribution in [0, 0.1) is 0 Å². The second kappa shape index (κ2) is 5.93. The van der Waals surface area contributed by atoms with E-state index >= 15 is 0 Å². The summed E-state index contributed by atoms with van der Waals surface area (Å²) < 4.78 is 5.42. The van der Waals surface area contributed by atoms with Crippen LogP contribution in [-0.4, -0.2) is 22.1 Å². The Labute approximate surface area is 137 Å². The molecule has 0 radical (unpaired) electrons. The van der Waals surface area contributed by atoms with Gasteiger partial charge in [0.05, 0.1) is 23.7 Å². The van der Waals surface area contributed by atoms with Gasteiger partial charge in [-0.1, -0.05) is 36.0 Å². The minimum absolute atomic E-state index is 0.803. The summed E-state index contributed by atoms with van der Waals surface area (Å²) in [5.41, 5.74) is 4.21. The van der Waals surface area contributed by atoms with Gasteiger partial charge in [-0.3, -0.25) is 4.98 Å². The van der Waals surface area contributed by atoms with Gasteiger partial charge in [0.15, 0.2) is 5.16 Å². The predicted octanol–water partition coefficient (Wildman–Crippen LogP) is 4.41. The van der Waals surface area contributed by atoms with Crippen molar-refractivity contribution in [3.05, 3.63) is 60.3 Å². The van der Waals surface area contributed by atoms with Crippen molar-refractivity contribution in [1.82, 2.24) is 15.0 Å². The molecule has 0 saturated carbocycles. The standard InChI is InChI=1S/C18H15N3OS/c1-22-16-9-10-19-17-12(5-4-6-13(16)17)11-23-18-20-14-7-2-3-8-15(14)21-18/h2-10H,11H2,1H3,(H,20,21). The highest BCUT2D eigenvalue weighted by atomic mass is 32.2. The van der Waals surface area contributed by atoms with E-state index in [1.54, 1.807) is 25.1 Å². The predicted molar refractivity (Wildman–Crippen MR) is 93.9 cm³/mol. The number of methoxy groups -OCH3 is 1. The van der Waals surface area contributed by atoms with Crippen LogP contribution >= 0.6 is 11.8 Å². The monoisotopic (exact) mass is 321 g/mol. The number of H-pyrrole nitrogens is 1. The van der Waals surface area contributed by atoms with E-state index in [1.807, 2.05) is 42.5 Å². The summed E-state index contributed by atoms with van der Waals surface area (Å²) in [6, 6.07) is 16.1. The summed E-state index contributed by atoms with van der Waals surface area (Å²) in [5, 5.41) is 1.96. The van der Waals surface area contributed by atoms with Gasteiger partial charge in [0.1, 0.15) is 5.75 Å². The number of thioether (sulfide) groups is 1. The molecule has 5 heteroatoms. The zero-order chi connectivity index (χ0) is 15.6.